The Morgan fingerprint density at radius 3 is 2.15 bits per heavy atom. The number of halogens is 1. The van der Waals surface area contributed by atoms with Crippen LogP contribution in [0.1, 0.15) is 50.3 Å². The molecule has 0 aliphatic heterocycles. The summed E-state index contributed by atoms with van der Waals surface area (Å²) in [5.41, 5.74) is 2.86. The molecule has 0 heterocycles. The minimum absolute atomic E-state index is 0.0591. The summed E-state index contributed by atoms with van der Waals surface area (Å²) in [5, 5.41) is 3.44. The molecule has 3 aromatic rings. The molecule has 2 atom stereocenters. The van der Waals surface area contributed by atoms with E-state index >= 15 is 0 Å². The van der Waals surface area contributed by atoms with Crippen molar-refractivity contribution in [3.63, 3.8) is 0 Å². The summed E-state index contributed by atoms with van der Waals surface area (Å²) in [4.78, 5) is 29.0. The summed E-state index contributed by atoms with van der Waals surface area (Å²) in [5.74, 6) is -0.752. The fourth-order valence-corrected chi connectivity index (χ4v) is 6.11. The van der Waals surface area contributed by atoms with Crippen LogP contribution >= 0.6 is 11.6 Å². The van der Waals surface area contributed by atoms with Crippen molar-refractivity contribution in [1.29, 1.82) is 0 Å². The number of benzene rings is 3. The molecule has 9 heteroatoms. The largest absolute Gasteiger partial charge is 0.352 e. The van der Waals surface area contributed by atoms with Crippen LogP contribution in [0.15, 0.2) is 77.7 Å². The first-order valence-electron chi connectivity index (χ1n) is 13.5. The average molecular weight is 584 g/mol. The minimum Gasteiger partial charge on any atom is -0.352 e. The normalized spacial score (nSPS) is 12.8. The highest BCUT2D eigenvalue weighted by Crippen LogP contribution is 2.29. The molecule has 0 saturated carbocycles. The van der Waals surface area contributed by atoms with Gasteiger partial charge in [0.1, 0.15) is 12.6 Å². The van der Waals surface area contributed by atoms with Gasteiger partial charge < -0.3 is 10.2 Å². The van der Waals surface area contributed by atoms with Crippen LogP contribution in [0.5, 0.6) is 0 Å². The molecule has 0 aromatic heterocycles. The van der Waals surface area contributed by atoms with E-state index in [1.54, 1.807) is 43.3 Å². The van der Waals surface area contributed by atoms with E-state index in [4.69, 9.17) is 11.6 Å². The first-order chi connectivity index (χ1) is 19.0. The van der Waals surface area contributed by atoms with Gasteiger partial charge >= 0.3 is 0 Å². The number of nitrogens with one attached hydrogen (secondary N) is 1. The first-order valence-corrected chi connectivity index (χ1v) is 15.3. The number of aryl methyl sites for hydroxylation is 2. The Bertz CT molecular complexity index is 1410. The molecule has 1 N–H and O–H groups in total. The predicted octanol–water partition coefficient (Wildman–Crippen LogP) is 5.87. The second kappa shape index (κ2) is 13.8. The van der Waals surface area contributed by atoms with Gasteiger partial charge in [-0.2, -0.15) is 0 Å². The van der Waals surface area contributed by atoms with Gasteiger partial charge in [0.2, 0.25) is 11.8 Å². The van der Waals surface area contributed by atoms with E-state index in [0.717, 1.165) is 21.9 Å². The maximum absolute atomic E-state index is 14.1. The number of hydrogen-bond acceptors (Lipinski definition) is 4. The fourth-order valence-electron chi connectivity index (χ4n) is 4.38. The molecule has 3 aromatic carbocycles. The summed E-state index contributed by atoms with van der Waals surface area (Å²) < 4.78 is 29.0. The van der Waals surface area contributed by atoms with Gasteiger partial charge in [0.25, 0.3) is 10.0 Å². The van der Waals surface area contributed by atoms with Crippen molar-refractivity contribution < 1.29 is 18.0 Å². The van der Waals surface area contributed by atoms with Crippen LogP contribution in [0, 0.1) is 13.8 Å². The molecule has 214 valence electrons. The third-order valence-corrected chi connectivity index (χ3v) is 8.91. The third kappa shape index (κ3) is 7.64. The number of amides is 2. The Balaban J connectivity index is 2.07. The summed E-state index contributed by atoms with van der Waals surface area (Å²) in [6, 6.07) is 19.7. The lowest BCUT2D eigenvalue weighted by Crippen LogP contribution is -2.53. The number of carbonyl (C=O) groups excluding carboxylic acids is 2. The molecule has 3 rings (SSSR count). The monoisotopic (exact) mass is 583 g/mol. The van der Waals surface area contributed by atoms with E-state index in [2.05, 4.69) is 5.32 Å². The van der Waals surface area contributed by atoms with Crippen molar-refractivity contribution >= 4 is 39.1 Å². The van der Waals surface area contributed by atoms with Gasteiger partial charge in [-0.3, -0.25) is 13.9 Å². The Labute approximate surface area is 243 Å². The topological polar surface area (TPSA) is 86.8 Å². The second-order valence-electron chi connectivity index (χ2n) is 10.0. The van der Waals surface area contributed by atoms with Gasteiger partial charge in [-0.15, -0.1) is 0 Å². The molecule has 2 unspecified atom stereocenters. The summed E-state index contributed by atoms with van der Waals surface area (Å²) in [6.07, 6.45) is 1.11. The van der Waals surface area contributed by atoms with E-state index in [1.807, 2.05) is 52.0 Å². The average Bonchev–Trinajstić information content (AvgIpc) is 2.93. The van der Waals surface area contributed by atoms with E-state index in [1.165, 1.54) is 17.0 Å². The summed E-state index contributed by atoms with van der Waals surface area (Å²) >= 11 is 6.17. The van der Waals surface area contributed by atoms with Crippen LogP contribution in [0.25, 0.3) is 0 Å². The molecule has 40 heavy (non-hydrogen) atoms. The number of sulfonamides is 1. The number of nitrogens with zero attached hydrogens (tertiary/aromatic N) is 2. The molecule has 0 aliphatic carbocycles. The van der Waals surface area contributed by atoms with Crippen molar-refractivity contribution in [3.8, 4) is 0 Å². The quantitative estimate of drug-likeness (QED) is 0.289. The van der Waals surface area contributed by atoms with Gasteiger partial charge in [-0.1, -0.05) is 73.5 Å². The lowest BCUT2D eigenvalue weighted by molar-refractivity contribution is -0.140. The van der Waals surface area contributed by atoms with Crippen LogP contribution in [-0.4, -0.2) is 43.8 Å². The molecule has 0 fully saturated rings. The van der Waals surface area contributed by atoms with E-state index in [0.29, 0.717) is 22.7 Å². The fraction of sp³-hybridized carbons (Fsp3) is 0.355. The Morgan fingerprint density at radius 1 is 0.925 bits per heavy atom. The van der Waals surface area contributed by atoms with Gasteiger partial charge in [0.15, 0.2) is 0 Å². The summed E-state index contributed by atoms with van der Waals surface area (Å²) in [6.45, 7) is 9.12. The number of carbonyl (C=O) groups is 2. The van der Waals surface area contributed by atoms with E-state index < -0.39 is 28.5 Å². The lowest BCUT2D eigenvalue weighted by Gasteiger charge is -2.34. The molecule has 7 nitrogen and oxygen atoms in total. The molecule has 0 bridgehead atoms. The highest BCUT2D eigenvalue weighted by Gasteiger charge is 2.34. The molecule has 0 spiro atoms. The van der Waals surface area contributed by atoms with E-state index in [9.17, 15) is 18.0 Å². The second-order valence-corrected chi connectivity index (χ2v) is 12.3. The zero-order valence-corrected chi connectivity index (χ0v) is 25.3. The Hall–Kier alpha value is -3.36. The molecule has 0 saturated heterocycles. The summed E-state index contributed by atoms with van der Waals surface area (Å²) in [7, 11) is -4.13. The Morgan fingerprint density at radius 2 is 1.57 bits per heavy atom. The lowest BCUT2D eigenvalue weighted by atomic mass is 10.1. The Kier molecular flexibility index (Phi) is 10.8. The molecule has 2 amide bonds. The molecule has 0 radical (unpaired) electrons. The SMILES string of the molecule is CCC(C)NC(=O)C(CC)N(Cc1ccc(C)cc1)C(=O)CN(c1ccc(Cl)cc1C)S(=O)(=O)c1ccccc1. The van der Waals surface area contributed by atoms with Crippen LogP contribution in [0.3, 0.4) is 0 Å². The maximum Gasteiger partial charge on any atom is 0.264 e. The molecular weight excluding hydrogens is 546 g/mol. The van der Waals surface area contributed by atoms with Gasteiger partial charge in [0.05, 0.1) is 10.6 Å². The van der Waals surface area contributed by atoms with Crippen LogP contribution in [0.4, 0.5) is 5.69 Å². The van der Waals surface area contributed by atoms with E-state index in [-0.39, 0.29) is 23.4 Å². The zero-order valence-electron chi connectivity index (χ0n) is 23.7. The van der Waals surface area contributed by atoms with Gasteiger partial charge in [-0.05, 0) is 75.1 Å². The van der Waals surface area contributed by atoms with Crippen molar-refractivity contribution in [2.24, 2.45) is 0 Å². The van der Waals surface area contributed by atoms with Gasteiger partial charge in [-0.25, -0.2) is 8.42 Å². The zero-order chi connectivity index (χ0) is 29.4. The maximum atomic E-state index is 14.1. The van der Waals surface area contributed by atoms with Crippen LogP contribution in [-0.2, 0) is 26.2 Å². The predicted molar refractivity (Wildman–Crippen MR) is 161 cm³/mol. The molecular formula is C31H38ClN3O4S. The van der Waals surface area contributed by atoms with Crippen LogP contribution < -0.4 is 9.62 Å². The van der Waals surface area contributed by atoms with Crippen LogP contribution in [0.2, 0.25) is 5.02 Å². The highest BCUT2D eigenvalue weighted by atomic mass is 35.5. The van der Waals surface area contributed by atoms with Gasteiger partial charge in [0, 0.05) is 17.6 Å². The minimum atomic E-state index is -4.13. The van der Waals surface area contributed by atoms with Crippen molar-refractivity contribution in [3.05, 3.63) is 94.5 Å². The van der Waals surface area contributed by atoms with Crippen molar-refractivity contribution in [2.45, 2.75) is 71.0 Å². The standard InChI is InChI=1S/C31H38ClN3O4S/c1-6-24(5)33-31(37)28(7-2)34(20-25-15-13-22(3)14-16-25)30(36)21-35(29-18-17-26(32)19-23(29)4)40(38,39)27-11-9-8-10-12-27/h8-19,24,28H,6-7,20-21H2,1-5H3,(H,33,37). The third-order valence-electron chi connectivity index (χ3n) is 6.90. The highest BCUT2D eigenvalue weighted by molar-refractivity contribution is 7.92. The van der Waals surface area contributed by atoms with Crippen molar-refractivity contribution in [1.82, 2.24) is 10.2 Å². The van der Waals surface area contributed by atoms with Crippen molar-refractivity contribution in [2.75, 3.05) is 10.8 Å². The smallest absolute Gasteiger partial charge is 0.264 e. The number of hydrogen-bond donors (Lipinski definition) is 1. The molecule has 0 aliphatic rings. The number of rotatable bonds is 12. The first kappa shape index (κ1) is 31.2. The number of anilines is 1.